The maximum absolute atomic E-state index is 10.6. The monoisotopic (exact) mass is 374 g/mol. The number of unbranched alkanes of at least 4 members (excludes halogenated alkanes) is 11. The molecule has 0 saturated heterocycles. The lowest BCUT2D eigenvalue weighted by Gasteiger charge is -2.14. The molecule has 0 fully saturated rings. The van der Waals surface area contributed by atoms with Crippen LogP contribution in [-0.4, -0.2) is 5.11 Å². The van der Waals surface area contributed by atoms with E-state index in [1.165, 1.54) is 107 Å². The molecule has 1 aromatic carbocycles. The summed E-state index contributed by atoms with van der Waals surface area (Å²) in [7, 11) is 0. The summed E-state index contributed by atoms with van der Waals surface area (Å²) in [5.74, 6) is 0.555. The standard InChI is InChI=1S/C26H46O/c1-4-7-10-11-12-13-14-15-16-17-18-23-21-24(19-8-5-2)25(20-9-6-3)26(27)22-23/h21-22,27H,4-20H2,1-3H3. The van der Waals surface area contributed by atoms with Crippen LogP contribution in [0.15, 0.2) is 12.1 Å². The zero-order valence-corrected chi connectivity index (χ0v) is 18.6. The first-order valence-corrected chi connectivity index (χ1v) is 12.1. The maximum atomic E-state index is 10.6. The largest absolute Gasteiger partial charge is 0.508 e. The maximum Gasteiger partial charge on any atom is 0.119 e. The van der Waals surface area contributed by atoms with Crippen molar-refractivity contribution >= 4 is 0 Å². The van der Waals surface area contributed by atoms with Gasteiger partial charge in [0.15, 0.2) is 0 Å². The van der Waals surface area contributed by atoms with Crippen molar-refractivity contribution in [1.82, 2.24) is 0 Å². The van der Waals surface area contributed by atoms with E-state index in [4.69, 9.17) is 0 Å². The molecule has 0 saturated carbocycles. The van der Waals surface area contributed by atoms with Crippen molar-refractivity contribution in [2.45, 2.75) is 130 Å². The Hall–Kier alpha value is -0.980. The minimum atomic E-state index is 0.555. The molecule has 0 aliphatic carbocycles. The topological polar surface area (TPSA) is 20.2 Å². The molecule has 0 atom stereocenters. The van der Waals surface area contributed by atoms with Crippen LogP contribution in [0, 0.1) is 0 Å². The highest BCUT2D eigenvalue weighted by Gasteiger charge is 2.10. The molecule has 156 valence electrons. The Morgan fingerprint density at radius 3 is 1.67 bits per heavy atom. The van der Waals surface area contributed by atoms with Gasteiger partial charge in [-0.3, -0.25) is 0 Å². The minimum Gasteiger partial charge on any atom is -0.508 e. The van der Waals surface area contributed by atoms with Crippen molar-refractivity contribution in [2.75, 3.05) is 0 Å². The number of hydrogen-bond acceptors (Lipinski definition) is 1. The Balaban J connectivity index is 2.36. The Morgan fingerprint density at radius 2 is 1.07 bits per heavy atom. The molecule has 0 radical (unpaired) electrons. The number of phenols is 1. The third-order valence-electron chi connectivity index (χ3n) is 5.78. The van der Waals surface area contributed by atoms with Crippen LogP contribution < -0.4 is 0 Å². The first-order valence-electron chi connectivity index (χ1n) is 12.1. The summed E-state index contributed by atoms with van der Waals surface area (Å²) in [6, 6.07) is 4.45. The molecule has 1 N–H and O–H groups in total. The van der Waals surface area contributed by atoms with Gasteiger partial charge in [0.1, 0.15) is 5.75 Å². The summed E-state index contributed by atoms with van der Waals surface area (Å²) in [6.07, 6.45) is 21.9. The van der Waals surface area contributed by atoms with E-state index in [-0.39, 0.29) is 0 Å². The average molecular weight is 375 g/mol. The van der Waals surface area contributed by atoms with Crippen LogP contribution in [0.5, 0.6) is 5.75 Å². The predicted molar refractivity (Wildman–Crippen MR) is 121 cm³/mol. The third-order valence-corrected chi connectivity index (χ3v) is 5.78. The van der Waals surface area contributed by atoms with Crippen molar-refractivity contribution in [3.05, 3.63) is 28.8 Å². The molecule has 0 spiro atoms. The Morgan fingerprint density at radius 1 is 0.556 bits per heavy atom. The van der Waals surface area contributed by atoms with Gasteiger partial charge in [0.2, 0.25) is 0 Å². The van der Waals surface area contributed by atoms with E-state index < -0.39 is 0 Å². The summed E-state index contributed by atoms with van der Waals surface area (Å²) >= 11 is 0. The van der Waals surface area contributed by atoms with Gasteiger partial charge in [-0.15, -0.1) is 0 Å². The molecule has 1 heteroatoms. The minimum absolute atomic E-state index is 0.555. The van der Waals surface area contributed by atoms with E-state index in [1.54, 1.807) is 0 Å². The van der Waals surface area contributed by atoms with Crippen LogP contribution in [0.25, 0.3) is 0 Å². The second kappa shape index (κ2) is 16.0. The molecule has 0 bridgehead atoms. The Bertz CT molecular complexity index is 477. The number of rotatable bonds is 17. The average Bonchev–Trinajstić information content (AvgIpc) is 2.67. The van der Waals surface area contributed by atoms with Gasteiger partial charge in [-0.1, -0.05) is 97.5 Å². The third kappa shape index (κ3) is 10.8. The number of hydrogen-bond donors (Lipinski definition) is 1. The molecule has 1 nitrogen and oxygen atoms in total. The van der Waals surface area contributed by atoms with E-state index in [0.29, 0.717) is 5.75 Å². The Labute approximate surface area is 170 Å². The summed E-state index contributed by atoms with van der Waals surface area (Å²) in [6.45, 7) is 6.76. The van der Waals surface area contributed by atoms with Gasteiger partial charge in [-0.05, 0) is 61.3 Å². The summed E-state index contributed by atoms with van der Waals surface area (Å²) in [5, 5.41) is 10.6. The molecule has 0 aromatic heterocycles. The lowest BCUT2D eigenvalue weighted by molar-refractivity contribution is 0.464. The van der Waals surface area contributed by atoms with Crippen LogP contribution in [0.4, 0.5) is 0 Å². The van der Waals surface area contributed by atoms with Crippen molar-refractivity contribution in [2.24, 2.45) is 0 Å². The molecule has 0 heterocycles. The van der Waals surface area contributed by atoms with Crippen molar-refractivity contribution in [3.63, 3.8) is 0 Å². The first kappa shape index (κ1) is 24.1. The second-order valence-corrected chi connectivity index (χ2v) is 8.39. The van der Waals surface area contributed by atoms with Gasteiger partial charge in [-0.2, -0.15) is 0 Å². The highest BCUT2D eigenvalue weighted by Crippen LogP contribution is 2.28. The first-order chi connectivity index (χ1) is 13.2. The Kier molecular flexibility index (Phi) is 14.3. The number of aryl methyl sites for hydroxylation is 2. The molecular weight excluding hydrogens is 328 g/mol. The highest BCUT2D eigenvalue weighted by molar-refractivity contribution is 5.43. The predicted octanol–water partition coefficient (Wildman–Crippen LogP) is 8.54. The molecule has 1 aromatic rings. The van der Waals surface area contributed by atoms with Crippen LogP contribution in [0.3, 0.4) is 0 Å². The lowest BCUT2D eigenvalue weighted by Crippen LogP contribution is -1.99. The second-order valence-electron chi connectivity index (χ2n) is 8.39. The normalized spacial score (nSPS) is 11.2. The molecule has 0 aliphatic rings. The van der Waals surface area contributed by atoms with Gasteiger partial charge in [0, 0.05) is 0 Å². The molecule has 0 aliphatic heterocycles. The quantitative estimate of drug-likeness (QED) is 0.271. The van der Waals surface area contributed by atoms with Crippen LogP contribution in [0.1, 0.15) is 127 Å². The smallest absolute Gasteiger partial charge is 0.119 e. The van der Waals surface area contributed by atoms with E-state index in [1.807, 2.05) is 6.07 Å². The number of aromatic hydroxyl groups is 1. The van der Waals surface area contributed by atoms with Crippen LogP contribution in [-0.2, 0) is 19.3 Å². The fourth-order valence-electron chi connectivity index (χ4n) is 3.97. The SMILES string of the molecule is CCCCCCCCCCCCc1cc(O)c(CCCC)c(CCCC)c1. The van der Waals surface area contributed by atoms with E-state index in [2.05, 4.69) is 26.8 Å². The number of phenolic OH excluding ortho intramolecular Hbond substituents is 1. The highest BCUT2D eigenvalue weighted by atomic mass is 16.3. The lowest BCUT2D eigenvalue weighted by atomic mass is 9.93. The molecule has 0 amide bonds. The van der Waals surface area contributed by atoms with Crippen LogP contribution >= 0.6 is 0 Å². The summed E-state index contributed by atoms with van der Waals surface area (Å²) in [5.41, 5.74) is 3.97. The zero-order valence-electron chi connectivity index (χ0n) is 18.6. The van der Waals surface area contributed by atoms with Gasteiger partial charge in [0.05, 0.1) is 0 Å². The van der Waals surface area contributed by atoms with Gasteiger partial charge in [-0.25, -0.2) is 0 Å². The van der Waals surface area contributed by atoms with Gasteiger partial charge < -0.3 is 5.11 Å². The zero-order chi connectivity index (χ0) is 19.7. The van der Waals surface area contributed by atoms with Gasteiger partial charge in [0.25, 0.3) is 0 Å². The summed E-state index contributed by atoms with van der Waals surface area (Å²) in [4.78, 5) is 0. The van der Waals surface area contributed by atoms with Gasteiger partial charge >= 0.3 is 0 Å². The van der Waals surface area contributed by atoms with E-state index in [9.17, 15) is 5.11 Å². The summed E-state index contributed by atoms with van der Waals surface area (Å²) < 4.78 is 0. The van der Waals surface area contributed by atoms with Crippen molar-refractivity contribution in [1.29, 1.82) is 0 Å². The number of benzene rings is 1. The molecule has 1 rings (SSSR count). The molecule has 27 heavy (non-hydrogen) atoms. The molecular formula is C26H46O. The van der Waals surface area contributed by atoms with Crippen molar-refractivity contribution < 1.29 is 5.11 Å². The van der Waals surface area contributed by atoms with E-state index >= 15 is 0 Å². The fraction of sp³-hybridized carbons (Fsp3) is 0.769. The fourth-order valence-corrected chi connectivity index (χ4v) is 3.97. The van der Waals surface area contributed by atoms with E-state index in [0.717, 1.165) is 19.3 Å². The van der Waals surface area contributed by atoms with Crippen LogP contribution in [0.2, 0.25) is 0 Å². The van der Waals surface area contributed by atoms with Crippen molar-refractivity contribution in [3.8, 4) is 5.75 Å². The molecule has 0 unspecified atom stereocenters.